The molecule has 0 aliphatic rings. The fourth-order valence-electron chi connectivity index (χ4n) is 11.9. The Morgan fingerprint density at radius 3 is 0.708 bits per heavy atom. The number of hydrogen-bond donors (Lipinski definition) is 3. The zero-order valence-electron chi connectivity index (χ0n) is 62.5. The molecule has 96 heavy (non-hydrogen) atoms. The second-order valence-corrected chi connectivity index (χ2v) is 31.1. The van der Waals surface area contributed by atoms with Crippen LogP contribution in [0.3, 0.4) is 0 Å². The van der Waals surface area contributed by atoms with Gasteiger partial charge in [0, 0.05) is 25.7 Å². The summed E-state index contributed by atoms with van der Waals surface area (Å²) in [5.74, 6) is -1.34. The van der Waals surface area contributed by atoms with Crippen molar-refractivity contribution in [3.05, 3.63) is 0 Å². The topological polar surface area (TPSA) is 237 Å². The van der Waals surface area contributed by atoms with Crippen LogP contribution in [0.25, 0.3) is 0 Å². The highest BCUT2D eigenvalue weighted by Crippen LogP contribution is 2.45. The minimum Gasteiger partial charge on any atom is -0.462 e. The van der Waals surface area contributed by atoms with Crippen molar-refractivity contribution in [3.63, 3.8) is 0 Å². The molecule has 19 heteroatoms. The molecule has 0 aromatic rings. The van der Waals surface area contributed by atoms with Gasteiger partial charge in [-0.15, -0.1) is 0 Å². The van der Waals surface area contributed by atoms with Crippen molar-refractivity contribution in [2.75, 3.05) is 39.6 Å². The first kappa shape index (κ1) is 94.1. The Balaban J connectivity index is 5.18. The maximum absolute atomic E-state index is 13.1. The zero-order valence-corrected chi connectivity index (χ0v) is 64.3. The number of unbranched alkanes of at least 4 members (excludes halogenated alkanes) is 49. The van der Waals surface area contributed by atoms with E-state index in [4.69, 9.17) is 37.0 Å². The van der Waals surface area contributed by atoms with E-state index in [2.05, 4.69) is 34.6 Å². The maximum atomic E-state index is 13.1. The Labute approximate surface area is 588 Å². The Morgan fingerprint density at radius 2 is 0.479 bits per heavy atom. The number of hydrogen-bond acceptors (Lipinski definition) is 15. The highest BCUT2D eigenvalue weighted by molar-refractivity contribution is 7.47. The number of ether oxygens (including phenoxy) is 4. The molecule has 0 aromatic heterocycles. The van der Waals surface area contributed by atoms with Crippen LogP contribution in [0.1, 0.15) is 407 Å². The third-order valence-electron chi connectivity index (χ3n) is 18.0. The van der Waals surface area contributed by atoms with Crippen molar-refractivity contribution >= 4 is 39.5 Å². The normalized spacial score (nSPS) is 13.9. The number of aliphatic hydroxyl groups excluding tert-OH is 1. The molecule has 0 saturated carbocycles. The van der Waals surface area contributed by atoms with Crippen molar-refractivity contribution in [1.29, 1.82) is 0 Å². The second kappa shape index (κ2) is 70.1. The number of phosphoric ester groups is 2. The van der Waals surface area contributed by atoms with Crippen molar-refractivity contribution in [2.45, 2.75) is 425 Å². The first-order valence-electron chi connectivity index (χ1n) is 40.1. The molecule has 2 unspecified atom stereocenters. The van der Waals surface area contributed by atoms with Crippen LogP contribution in [-0.2, 0) is 65.4 Å². The summed E-state index contributed by atoms with van der Waals surface area (Å²) in [5, 5.41) is 10.6. The van der Waals surface area contributed by atoms with Crippen LogP contribution >= 0.6 is 15.6 Å². The van der Waals surface area contributed by atoms with Gasteiger partial charge >= 0.3 is 39.5 Å². The van der Waals surface area contributed by atoms with Crippen molar-refractivity contribution < 1.29 is 80.2 Å². The molecule has 0 bridgehead atoms. The van der Waals surface area contributed by atoms with Gasteiger partial charge < -0.3 is 33.8 Å². The third-order valence-corrected chi connectivity index (χ3v) is 19.9. The molecule has 3 N–H and O–H groups in total. The molecule has 0 aromatic carbocycles. The quantitative estimate of drug-likeness (QED) is 0.0222. The summed E-state index contributed by atoms with van der Waals surface area (Å²) in [7, 11) is -9.91. The first-order chi connectivity index (χ1) is 46.5. The van der Waals surface area contributed by atoms with Crippen LogP contribution < -0.4 is 0 Å². The Kier molecular flexibility index (Phi) is 68.7. The molecule has 570 valence electrons. The van der Waals surface area contributed by atoms with Crippen LogP contribution in [0.5, 0.6) is 0 Å². The van der Waals surface area contributed by atoms with Gasteiger partial charge in [0.2, 0.25) is 0 Å². The fourth-order valence-corrected chi connectivity index (χ4v) is 13.5. The van der Waals surface area contributed by atoms with Crippen molar-refractivity contribution in [1.82, 2.24) is 0 Å². The van der Waals surface area contributed by atoms with Gasteiger partial charge in [0.15, 0.2) is 12.2 Å². The number of carbonyl (C=O) groups excluding carboxylic acids is 4. The Bertz CT molecular complexity index is 1840. The fraction of sp³-hybridized carbons (Fsp3) is 0.948. The largest absolute Gasteiger partial charge is 0.472 e. The molecule has 0 spiro atoms. The van der Waals surface area contributed by atoms with E-state index < -0.39 is 97.5 Å². The summed E-state index contributed by atoms with van der Waals surface area (Å²) in [5.41, 5.74) is 0. The van der Waals surface area contributed by atoms with Gasteiger partial charge in [0.25, 0.3) is 0 Å². The van der Waals surface area contributed by atoms with E-state index >= 15 is 0 Å². The number of rotatable bonds is 77. The molecule has 0 radical (unpaired) electrons. The Morgan fingerprint density at radius 1 is 0.281 bits per heavy atom. The average molecular weight is 1410 g/mol. The van der Waals surface area contributed by atoms with Gasteiger partial charge in [-0.2, -0.15) is 0 Å². The summed E-state index contributed by atoms with van der Waals surface area (Å²) in [6, 6.07) is 0. The van der Waals surface area contributed by atoms with Crippen LogP contribution in [0.2, 0.25) is 0 Å². The molecule has 0 aliphatic heterocycles. The standard InChI is InChI=1S/C77H150O17P2/c1-6-9-12-15-18-21-23-25-26-27-28-29-30-31-32-34-38-43-48-53-58-63-77(82)94-73(67-88-75(80)61-56-51-46-41-39-35-36-40-44-49-54-59-70(4)5)69-92-96(85,86)90-65-71(78)64-89-95(83,84)91-68-72(66-87-74(79)60-55-50-45-20-17-14-11-8-3)93-76(81)62-57-52-47-42-37-33-24-22-19-16-13-10-7-2/h70-73,78H,6-69H2,1-5H3,(H,83,84)(H,85,86)/t71-,72+,73+/m0/s1. The average Bonchev–Trinajstić information content (AvgIpc) is 1.52. The lowest BCUT2D eigenvalue weighted by Crippen LogP contribution is -2.30. The predicted octanol–water partition coefficient (Wildman–Crippen LogP) is 22.9. The second-order valence-electron chi connectivity index (χ2n) is 28.2. The molecule has 0 saturated heterocycles. The summed E-state index contributed by atoms with van der Waals surface area (Å²) < 4.78 is 68.5. The van der Waals surface area contributed by atoms with Gasteiger partial charge in [0.1, 0.15) is 19.3 Å². The highest BCUT2D eigenvalue weighted by atomic mass is 31.2. The van der Waals surface area contributed by atoms with Gasteiger partial charge in [0.05, 0.1) is 26.4 Å². The third kappa shape index (κ3) is 70.5. The molecule has 0 fully saturated rings. The maximum Gasteiger partial charge on any atom is 0.472 e. The summed E-state index contributed by atoms with van der Waals surface area (Å²) in [4.78, 5) is 72.7. The molecule has 0 heterocycles. The smallest absolute Gasteiger partial charge is 0.462 e. The Hall–Kier alpha value is -1.94. The zero-order chi connectivity index (χ0) is 70.5. The van der Waals surface area contributed by atoms with E-state index in [0.717, 1.165) is 102 Å². The lowest BCUT2D eigenvalue weighted by Gasteiger charge is -2.21. The molecular weight excluding hydrogens is 1260 g/mol. The van der Waals surface area contributed by atoms with E-state index in [1.807, 2.05) is 0 Å². The van der Waals surface area contributed by atoms with Gasteiger partial charge in [-0.1, -0.05) is 356 Å². The molecule has 0 rings (SSSR count). The van der Waals surface area contributed by atoms with E-state index in [1.54, 1.807) is 0 Å². The molecule has 5 atom stereocenters. The lowest BCUT2D eigenvalue weighted by molar-refractivity contribution is -0.161. The van der Waals surface area contributed by atoms with Crippen LogP contribution in [0, 0.1) is 5.92 Å². The van der Waals surface area contributed by atoms with E-state index in [-0.39, 0.29) is 25.7 Å². The molecule has 17 nitrogen and oxygen atoms in total. The monoisotopic (exact) mass is 1410 g/mol. The highest BCUT2D eigenvalue weighted by Gasteiger charge is 2.30. The number of phosphoric acid groups is 2. The molecule has 0 amide bonds. The van der Waals surface area contributed by atoms with Gasteiger partial charge in [-0.05, 0) is 31.6 Å². The summed E-state index contributed by atoms with van der Waals surface area (Å²) in [6.07, 6.45) is 59.8. The van der Waals surface area contributed by atoms with Gasteiger partial charge in [-0.25, -0.2) is 9.13 Å². The van der Waals surface area contributed by atoms with E-state index in [1.165, 1.54) is 225 Å². The lowest BCUT2D eigenvalue weighted by atomic mass is 10.0. The minimum atomic E-state index is -4.96. The van der Waals surface area contributed by atoms with Crippen LogP contribution in [-0.4, -0.2) is 96.7 Å². The number of carbonyl (C=O) groups is 4. The number of esters is 4. The van der Waals surface area contributed by atoms with Crippen LogP contribution in [0.4, 0.5) is 0 Å². The minimum absolute atomic E-state index is 0.108. The van der Waals surface area contributed by atoms with Crippen molar-refractivity contribution in [3.8, 4) is 0 Å². The molecule has 0 aliphatic carbocycles. The predicted molar refractivity (Wildman–Crippen MR) is 391 cm³/mol. The number of aliphatic hydroxyl groups is 1. The summed E-state index contributed by atoms with van der Waals surface area (Å²) in [6.45, 7) is 7.28. The van der Waals surface area contributed by atoms with E-state index in [9.17, 15) is 43.2 Å². The van der Waals surface area contributed by atoms with Gasteiger partial charge in [-0.3, -0.25) is 37.3 Å². The summed E-state index contributed by atoms with van der Waals surface area (Å²) >= 11 is 0. The first-order valence-corrected chi connectivity index (χ1v) is 43.1. The van der Waals surface area contributed by atoms with Crippen molar-refractivity contribution in [2.24, 2.45) is 5.92 Å². The SMILES string of the molecule is CCCCCCCCCCCCCCCCCCCCCCCC(=O)O[C@H](COC(=O)CCCCCCCCCCCCCC(C)C)COP(=O)(O)OC[C@@H](O)COP(=O)(O)OC[C@@H](COC(=O)CCCCCCCCCC)OC(=O)CCCCCCCCCCCCCCC. The van der Waals surface area contributed by atoms with Crippen LogP contribution in [0.15, 0.2) is 0 Å². The molecular formula is C77H150O17P2. The van der Waals surface area contributed by atoms with E-state index in [0.29, 0.717) is 25.7 Å².